The Hall–Kier alpha value is -4.68. The number of halogens is 1. The number of benzene rings is 3. The highest BCUT2D eigenvalue weighted by Crippen LogP contribution is 2.56. The number of imidazole rings is 1. The number of fused-ring (bicyclic) bond motifs is 1. The van der Waals surface area contributed by atoms with Gasteiger partial charge in [0.1, 0.15) is 22.7 Å². The van der Waals surface area contributed by atoms with Gasteiger partial charge in [-0.25, -0.2) is 9.55 Å². The van der Waals surface area contributed by atoms with Gasteiger partial charge in [-0.1, -0.05) is 35.9 Å². The third-order valence-corrected chi connectivity index (χ3v) is 9.52. The molecule has 48 heavy (non-hydrogen) atoms. The van der Waals surface area contributed by atoms with Crippen molar-refractivity contribution >= 4 is 48.2 Å². The van der Waals surface area contributed by atoms with Crippen LogP contribution >= 0.6 is 19.4 Å². The minimum atomic E-state index is -3.89. The molecule has 0 bridgehead atoms. The molecule has 2 amide bonds. The monoisotopic (exact) mass is 692 g/mol. The second-order valence-corrected chi connectivity index (χ2v) is 13.1. The van der Waals surface area contributed by atoms with Crippen molar-refractivity contribution in [2.24, 2.45) is 5.73 Å². The maximum atomic E-state index is 13.4. The average molecular weight is 693 g/mol. The summed E-state index contributed by atoms with van der Waals surface area (Å²) in [4.78, 5) is 30.1. The molecule has 1 fully saturated rings. The summed E-state index contributed by atoms with van der Waals surface area (Å²) in [6.07, 6.45) is 0.530. The first kappa shape index (κ1) is 33.2. The minimum Gasteiger partial charge on any atom is -0.494 e. The molecule has 2 unspecified atom stereocenters. The number of phosphoric ester groups is 1. The van der Waals surface area contributed by atoms with E-state index in [0.717, 1.165) is 11.1 Å². The van der Waals surface area contributed by atoms with Crippen LogP contribution in [0.25, 0.3) is 11.0 Å². The fraction of sp³-hybridized carbons (Fsp3) is 0.273. The molecule has 2 atom stereocenters. The Kier molecular flexibility index (Phi) is 9.56. The summed E-state index contributed by atoms with van der Waals surface area (Å²) in [7, 11) is -2.40. The van der Waals surface area contributed by atoms with Crippen molar-refractivity contribution in [3.05, 3.63) is 99.8 Å². The number of carbonyl (C=O) groups is 2. The van der Waals surface area contributed by atoms with Gasteiger partial charge in [-0.2, -0.15) is 5.10 Å². The summed E-state index contributed by atoms with van der Waals surface area (Å²) in [6, 6.07) is 19.1. The molecule has 1 aliphatic rings. The fourth-order valence-corrected chi connectivity index (χ4v) is 7.16. The summed E-state index contributed by atoms with van der Waals surface area (Å²) in [6.45, 7) is 4.80. The Bertz CT molecular complexity index is 2040. The van der Waals surface area contributed by atoms with Crippen molar-refractivity contribution in [3.8, 4) is 11.5 Å². The van der Waals surface area contributed by atoms with E-state index < -0.39 is 19.8 Å². The Morgan fingerprint density at radius 3 is 2.65 bits per heavy atom. The summed E-state index contributed by atoms with van der Waals surface area (Å²) in [5.41, 5.74) is 9.59. The van der Waals surface area contributed by atoms with Crippen LogP contribution in [0.3, 0.4) is 0 Å². The standard InChI is InChI=1S/C33H34ClN6O7P/c1-4-40-27(16-20(2)38-40)32(42)37-33-36-26-18-23(31(35)41)19-29(44-3)30(26)39(33)14-12-21-8-10-25(11-9-21)46-48(43)45-15-13-28(47-48)22-6-5-7-24(34)17-22/h5-11,16-19,28H,4,12-15H2,1-3H3,(H2,35,41)(H,36,37,42). The number of anilines is 1. The van der Waals surface area contributed by atoms with Gasteiger partial charge in [0.05, 0.1) is 31.0 Å². The van der Waals surface area contributed by atoms with Gasteiger partial charge >= 0.3 is 7.82 Å². The number of amides is 2. The molecule has 3 heterocycles. The third kappa shape index (κ3) is 7.09. The van der Waals surface area contributed by atoms with Crippen molar-refractivity contribution in [1.29, 1.82) is 0 Å². The van der Waals surface area contributed by atoms with E-state index in [1.165, 1.54) is 7.11 Å². The van der Waals surface area contributed by atoms with E-state index in [0.29, 0.717) is 64.9 Å². The number of hydrogen-bond donors (Lipinski definition) is 2. The lowest BCUT2D eigenvalue weighted by Gasteiger charge is -2.29. The highest BCUT2D eigenvalue weighted by atomic mass is 35.5. The van der Waals surface area contributed by atoms with E-state index in [4.69, 9.17) is 35.6 Å². The number of nitrogens with two attached hydrogens (primary N) is 1. The Morgan fingerprint density at radius 2 is 1.94 bits per heavy atom. The summed E-state index contributed by atoms with van der Waals surface area (Å²) < 4.78 is 39.4. The minimum absolute atomic E-state index is 0.203. The number of rotatable bonds is 11. The molecule has 3 aromatic carbocycles. The first-order valence-corrected chi connectivity index (χ1v) is 17.1. The number of carbonyl (C=O) groups excluding carboxylic acids is 2. The van der Waals surface area contributed by atoms with Gasteiger partial charge < -0.3 is 19.6 Å². The van der Waals surface area contributed by atoms with E-state index in [2.05, 4.69) is 15.4 Å². The number of hydrogen-bond acceptors (Lipinski definition) is 9. The first-order valence-electron chi connectivity index (χ1n) is 15.3. The van der Waals surface area contributed by atoms with Gasteiger partial charge in [-0.3, -0.25) is 28.6 Å². The molecule has 6 rings (SSSR count). The number of phosphoric acid groups is 1. The zero-order chi connectivity index (χ0) is 34.0. The van der Waals surface area contributed by atoms with Crippen molar-refractivity contribution in [3.63, 3.8) is 0 Å². The number of aryl methyl sites for hydroxylation is 4. The van der Waals surface area contributed by atoms with Crippen LogP contribution in [0.1, 0.15) is 57.1 Å². The molecule has 0 spiro atoms. The Morgan fingerprint density at radius 1 is 1.15 bits per heavy atom. The number of primary amides is 1. The molecule has 3 N–H and O–H groups in total. The van der Waals surface area contributed by atoms with Crippen LogP contribution in [-0.4, -0.2) is 44.9 Å². The first-order chi connectivity index (χ1) is 23.1. The van der Waals surface area contributed by atoms with Gasteiger partial charge in [0.25, 0.3) is 5.91 Å². The lowest BCUT2D eigenvalue weighted by atomic mass is 10.1. The van der Waals surface area contributed by atoms with Crippen molar-refractivity contribution in [1.82, 2.24) is 19.3 Å². The molecular formula is C33H34ClN6O7P. The van der Waals surface area contributed by atoms with Crippen LogP contribution in [0.15, 0.2) is 66.7 Å². The number of methoxy groups -OCH3 is 1. The molecule has 0 radical (unpaired) electrons. The van der Waals surface area contributed by atoms with Crippen LogP contribution in [0, 0.1) is 6.92 Å². The molecule has 0 aliphatic carbocycles. The van der Waals surface area contributed by atoms with E-state index in [-0.39, 0.29) is 24.0 Å². The maximum Gasteiger partial charge on any atom is 0.530 e. The maximum absolute atomic E-state index is 13.4. The van der Waals surface area contributed by atoms with E-state index in [1.807, 2.05) is 42.7 Å². The summed E-state index contributed by atoms with van der Waals surface area (Å²) in [5.74, 6) is -0.0649. The van der Waals surface area contributed by atoms with Crippen LogP contribution in [-0.2, 0) is 33.1 Å². The lowest BCUT2D eigenvalue weighted by Crippen LogP contribution is -2.20. The van der Waals surface area contributed by atoms with Gasteiger partial charge in [0, 0.05) is 30.1 Å². The van der Waals surface area contributed by atoms with Crippen LogP contribution in [0.4, 0.5) is 5.95 Å². The normalized spacial score (nSPS) is 17.7. The molecular weight excluding hydrogens is 659 g/mol. The topological polar surface area (TPSA) is 162 Å². The highest BCUT2D eigenvalue weighted by Gasteiger charge is 2.37. The van der Waals surface area contributed by atoms with Gasteiger partial charge in [0.2, 0.25) is 11.9 Å². The summed E-state index contributed by atoms with van der Waals surface area (Å²) in [5, 5.41) is 7.84. The molecule has 0 saturated carbocycles. The number of ether oxygens (including phenoxy) is 1. The fourth-order valence-electron chi connectivity index (χ4n) is 5.56. The summed E-state index contributed by atoms with van der Waals surface area (Å²) >= 11 is 6.13. The third-order valence-electron chi connectivity index (χ3n) is 7.84. The predicted octanol–water partition coefficient (Wildman–Crippen LogP) is 6.48. The molecule has 1 saturated heterocycles. The van der Waals surface area contributed by atoms with Crippen molar-refractivity contribution in [2.75, 3.05) is 19.0 Å². The molecule has 15 heteroatoms. The highest BCUT2D eigenvalue weighted by molar-refractivity contribution is 7.49. The average Bonchev–Trinajstić information content (AvgIpc) is 3.63. The molecule has 5 aromatic rings. The quantitative estimate of drug-likeness (QED) is 0.148. The van der Waals surface area contributed by atoms with Gasteiger partial charge in [-0.05, 0) is 73.9 Å². The van der Waals surface area contributed by atoms with Crippen LogP contribution in [0.5, 0.6) is 11.5 Å². The second kappa shape index (κ2) is 13.8. The van der Waals surface area contributed by atoms with E-state index >= 15 is 0 Å². The van der Waals surface area contributed by atoms with Crippen LogP contribution < -0.4 is 20.3 Å². The van der Waals surface area contributed by atoms with E-state index in [9.17, 15) is 14.2 Å². The zero-order valence-electron chi connectivity index (χ0n) is 26.5. The SMILES string of the molecule is CCn1nc(C)cc1C(=O)Nc1nc2cc(C(N)=O)cc(OC)c2n1CCc1ccc(OP2(=O)OCCC(c3cccc(Cl)c3)O2)cc1. The number of aromatic nitrogens is 4. The molecule has 250 valence electrons. The zero-order valence-corrected chi connectivity index (χ0v) is 28.2. The molecule has 1 aliphatic heterocycles. The Balaban J connectivity index is 1.22. The van der Waals surface area contributed by atoms with Gasteiger partial charge in [-0.15, -0.1) is 0 Å². The molecule has 13 nitrogen and oxygen atoms in total. The van der Waals surface area contributed by atoms with Crippen LogP contribution in [0.2, 0.25) is 5.02 Å². The van der Waals surface area contributed by atoms with Crippen molar-refractivity contribution < 1.29 is 32.5 Å². The van der Waals surface area contributed by atoms with E-state index in [1.54, 1.807) is 47.1 Å². The lowest BCUT2D eigenvalue weighted by molar-refractivity contribution is 0.0509. The predicted molar refractivity (Wildman–Crippen MR) is 180 cm³/mol. The molecule has 2 aromatic heterocycles. The number of nitrogens with one attached hydrogen (secondary N) is 1. The smallest absolute Gasteiger partial charge is 0.494 e. The van der Waals surface area contributed by atoms with Gasteiger partial charge in [0.15, 0.2) is 0 Å². The Labute approximate surface area is 281 Å². The largest absolute Gasteiger partial charge is 0.530 e. The number of nitrogens with zero attached hydrogens (tertiary/aromatic N) is 4. The van der Waals surface area contributed by atoms with Crippen molar-refractivity contribution in [2.45, 2.75) is 45.9 Å². The second-order valence-electron chi connectivity index (χ2n) is 11.1.